The van der Waals surface area contributed by atoms with E-state index in [9.17, 15) is 0 Å². The lowest BCUT2D eigenvalue weighted by molar-refractivity contribution is 0.402. The second-order valence-corrected chi connectivity index (χ2v) is 17.9. The zero-order chi connectivity index (χ0) is 38.3. The molecule has 12 rings (SSSR count). The molecule has 3 heterocycles. The number of furan rings is 1. The molecule has 0 spiro atoms. The molecule has 2 aromatic heterocycles. The maximum Gasteiger partial charge on any atom is 0.142 e. The zero-order valence-corrected chi connectivity index (χ0v) is 33.3. The Balaban J connectivity index is 1.21. The van der Waals surface area contributed by atoms with E-state index in [0.717, 1.165) is 11.3 Å². The molecule has 57 heavy (non-hydrogen) atoms. The van der Waals surface area contributed by atoms with Crippen LogP contribution in [0.15, 0.2) is 185 Å². The SMILES string of the molecule is CC1C2=C3C(C)(c4ccccc4N(c4cccc(-c5ccccc5)c4)C3(C)C=CC2(C)c2cccc3c2sc2ccccc23)c2c1oc1c2ccc2ccccc21. The van der Waals surface area contributed by atoms with Gasteiger partial charge >= 0.3 is 0 Å². The first-order valence-corrected chi connectivity index (χ1v) is 21.0. The van der Waals surface area contributed by atoms with Gasteiger partial charge in [-0.1, -0.05) is 153 Å². The molecule has 0 fully saturated rings. The molecule has 4 atom stereocenters. The summed E-state index contributed by atoms with van der Waals surface area (Å²) >= 11 is 1.93. The fourth-order valence-corrected chi connectivity index (χ4v) is 12.8. The van der Waals surface area contributed by atoms with Gasteiger partial charge in [-0.05, 0) is 83.8 Å². The summed E-state index contributed by atoms with van der Waals surface area (Å²) in [4.78, 5) is 2.64. The molecule has 3 aliphatic rings. The van der Waals surface area contributed by atoms with E-state index in [1.165, 1.54) is 86.7 Å². The van der Waals surface area contributed by atoms with Gasteiger partial charge in [0.1, 0.15) is 11.3 Å². The Labute approximate surface area is 337 Å². The van der Waals surface area contributed by atoms with Crippen molar-refractivity contribution >= 4 is 64.6 Å². The minimum atomic E-state index is -0.506. The van der Waals surface area contributed by atoms with Crippen molar-refractivity contribution in [2.24, 2.45) is 0 Å². The molecule has 1 aliphatic heterocycles. The summed E-state index contributed by atoms with van der Waals surface area (Å²) in [7, 11) is 0. The van der Waals surface area contributed by atoms with Crippen LogP contribution in [-0.4, -0.2) is 5.54 Å². The van der Waals surface area contributed by atoms with E-state index >= 15 is 0 Å². The van der Waals surface area contributed by atoms with Gasteiger partial charge in [-0.3, -0.25) is 0 Å². The van der Waals surface area contributed by atoms with Crippen LogP contribution in [-0.2, 0) is 10.8 Å². The molecule has 0 radical (unpaired) electrons. The number of nitrogens with zero attached hydrogens (tertiary/aromatic N) is 1. The predicted molar refractivity (Wildman–Crippen MR) is 240 cm³/mol. The average Bonchev–Trinajstić information content (AvgIpc) is 3.85. The van der Waals surface area contributed by atoms with Crippen molar-refractivity contribution in [2.75, 3.05) is 4.90 Å². The van der Waals surface area contributed by atoms with Gasteiger partial charge in [-0.15, -0.1) is 11.3 Å². The molecular formula is C54H41NOS. The first kappa shape index (κ1) is 33.0. The van der Waals surface area contributed by atoms with E-state index in [1.54, 1.807) is 0 Å². The van der Waals surface area contributed by atoms with Crippen LogP contribution in [0.1, 0.15) is 56.1 Å². The number of allylic oxidation sites excluding steroid dienone is 2. The standard InChI is InChI=1S/C54H41NOS/c1-33-46-51-53(3,31-30-52(46,2)43-25-15-23-40-39-22-10-13-27-45(39)57-50(40)43)55(37-20-14-19-36(32-37)34-16-6-5-7-17-34)44-26-12-11-24-42(44)54(51,4)47-41-29-28-35-18-8-9-21-38(35)49(41)56-48(33)47/h5-33H,1-4H3. The second-order valence-electron chi connectivity index (χ2n) is 16.9. The minimum Gasteiger partial charge on any atom is -0.459 e. The largest absolute Gasteiger partial charge is 0.459 e. The Morgan fingerprint density at radius 1 is 0.596 bits per heavy atom. The van der Waals surface area contributed by atoms with Gasteiger partial charge in [0.25, 0.3) is 0 Å². The highest BCUT2D eigenvalue weighted by Crippen LogP contribution is 2.68. The van der Waals surface area contributed by atoms with Crippen molar-refractivity contribution in [3.8, 4) is 11.1 Å². The first-order chi connectivity index (χ1) is 27.8. The Morgan fingerprint density at radius 2 is 1.30 bits per heavy atom. The van der Waals surface area contributed by atoms with Gasteiger partial charge in [-0.2, -0.15) is 0 Å². The molecule has 0 amide bonds. The van der Waals surface area contributed by atoms with Crippen molar-refractivity contribution < 1.29 is 4.42 Å². The predicted octanol–water partition coefficient (Wildman–Crippen LogP) is 14.8. The summed E-state index contributed by atoms with van der Waals surface area (Å²) in [6, 6.07) is 58.2. The minimum absolute atomic E-state index is 0.0101. The number of anilines is 2. The van der Waals surface area contributed by atoms with Crippen LogP contribution in [0.25, 0.3) is 53.0 Å². The Hall–Kier alpha value is -6.16. The third kappa shape index (κ3) is 4.20. The number of benzene rings is 7. The number of thiophene rings is 1. The molecule has 0 N–H and O–H groups in total. The molecule has 0 saturated carbocycles. The zero-order valence-electron chi connectivity index (χ0n) is 32.5. The molecule has 9 aromatic rings. The van der Waals surface area contributed by atoms with E-state index < -0.39 is 16.4 Å². The molecule has 0 saturated heterocycles. The second kappa shape index (κ2) is 11.5. The van der Waals surface area contributed by atoms with Crippen LogP contribution in [0.2, 0.25) is 0 Å². The third-order valence-electron chi connectivity index (χ3n) is 13.8. The van der Waals surface area contributed by atoms with Crippen molar-refractivity contribution in [1.82, 2.24) is 0 Å². The van der Waals surface area contributed by atoms with Crippen LogP contribution in [0, 0.1) is 0 Å². The van der Waals surface area contributed by atoms with Crippen molar-refractivity contribution in [3.63, 3.8) is 0 Å². The highest BCUT2D eigenvalue weighted by atomic mass is 32.1. The van der Waals surface area contributed by atoms with Gasteiger partial charge in [0.05, 0.1) is 5.54 Å². The Kier molecular flexibility index (Phi) is 6.64. The van der Waals surface area contributed by atoms with Crippen LogP contribution < -0.4 is 4.90 Å². The molecule has 4 unspecified atom stereocenters. The van der Waals surface area contributed by atoms with Gasteiger partial charge in [0, 0.05) is 64.6 Å². The van der Waals surface area contributed by atoms with Gasteiger partial charge in [0.15, 0.2) is 0 Å². The molecule has 3 heteroatoms. The summed E-state index contributed by atoms with van der Waals surface area (Å²) < 4.78 is 10.0. The van der Waals surface area contributed by atoms with Gasteiger partial charge < -0.3 is 9.32 Å². The summed E-state index contributed by atoms with van der Waals surface area (Å²) in [5.74, 6) is 1.10. The summed E-state index contributed by atoms with van der Waals surface area (Å²) in [5, 5.41) is 6.24. The maximum atomic E-state index is 7.34. The van der Waals surface area contributed by atoms with Crippen LogP contribution in [0.5, 0.6) is 0 Å². The molecule has 2 nitrogen and oxygen atoms in total. The highest BCUT2D eigenvalue weighted by Gasteiger charge is 2.61. The van der Waals surface area contributed by atoms with E-state index in [-0.39, 0.29) is 5.92 Å². The number of hydrogen-bond acceptors (Lipinski definition) is 3. The fourth-order valence-electron chi connectivity index (χ4n) is 11.4. The lowest BCUT2D eigenvalue weighted by Gasteiger charge is -2.60. The van der Waals surface area contributed by atoms with Crippen molar-refractivity contribution in [1.29, 1.82) is 0 Å². The lowest BCUT2D eigenvalue weighted by atomic mass is 9.49. The number of para-hydroxylation sites is 1. The number of fused-ring (bicyclic) bond motifs is 11. The van der Waals surface area contributed by atoms with E-state index in [0.29, 0.717) is 0 Å². The Morgan fingerprint density at radius 3 is 2.18 bits per heavy atom. The number of rotatable bonds is 3. The van der Waals surface area contributed by atoms with Crippen LogP contribution >= 0.6 is 11.3 Å². The molecule has 2 aliphatic carbocycles. The first-order valence-electron chi connectivity index (χ1n) is 20.2. The van der Waals surface area contributed by atoms with Crippen molar-refractivity contribution in [3.05, 3.63) is 203 Å². The molecule has 0 bridgehead atoms. The molecular weight excluding hydrogens is 711 g/mol. The van der Waals surface area contributed by atoms with Gasteiger partial charge in [0.2, 0.25) is 0 Å². The van der Waals surface area contributed by atoms with E-state index in [1.807, 2.05) is 11.3 Å². The summed E-state index contributed by atoms with van der Waals surface area (Å²) in [6.45, 7) is 9.86. The van der Waals surface area contributed by atoms with Crippen LogP contribution in [0.3, 0.4) is 0 Å². The molecule has 274 valence electrons. The van der Waals surface area contributed by atoms with Crippen molar-refractivity contribution in [2.45, 2.75) is 50.0 Å². The monoisotopic (exact) mass is 751 g/mol. The quantitative estimate of drug-likeness (QED) is 0.167. The highest BCUT2D eigenvalue weighted by molar-refractivity contribution is 7.26. The lowest BCUT2D eigenvalue weighted by Crippen LogP contribution is -2.59. The average molecular weight is 752 g/mol. The fraction of sp³-hybridized carbons (Fsp3) is 0.148. The van der Waals surface area contributed by atoms with E-state index in [2.05, 4.69) is 202 Å². The summed E-state index contributed by atoms with van der Waals surface area (Å²) in [6.07, 6.45) is 5.10. The molecule has 7 aromatic carbocycles. The topological polar surface area (TPSA) is 16.4 Å². The number of hydrogen-bond donors (Lipinski definition) is 0. The third-order valence-corrected chi connectivity index (χ3v) is 15.1. The van der Waals surface area contributed by atoms with Gasteiger partial charge in [-0.25, -0.2) is 0 Å². The Bertz CT molecular complexity index is 3220. The van der Waals surface area contributed by atoms with Crippen LogP contribution in [0.4, 0.5) is 11.4 Å². The summed E-state index contributed by atoms with van der Waals surface area (Å²) in [5.41, 5.74) is 11.3. The van der Waals surface area contributed by atoms with E-state index in [4.69, 9.17) is 4.42 Å². The maximum absolute atomic E-state index is 7.34. The normalized spacial score (nSPS) is 23.6. The smallest absolute Gasteiger partial charge is 0.142 e.